The molecule has 0 saturated heterocycles. The van der Waals surface area contributed by atoms with Crippen LogP contribution < -0.4 is 10.9 Å². The van der Waals surface area contributed by atoms with Crippen molar-refractivity contribution in [3.05, 3.63) is 83.2 Å². The maximum atomic E-state index is 14.7. The molecule has 8 nitrogen and oxygen atoms in total. The maximum absolute atomic E-state index is 14.7. The van der Waals surface area contributed by atoms with E-state index in [1.807, 2.05) is 0 Å². The molecule has 0 aliphatic rings. The van der Waals surface area contributed by atoms with E-state index >= 15 is 0 Å². The van der Waals surface area contributed by atoms with E-state index in [9.17, 15) is 9.18 Å². The van der Waals surface area contributed by atoms with Crippen molar-refractivity contribution in [1.82, 2.24) is 29.5 Å². The molecular weight excluding hydrogens is 385 g/mol. The van der Waals surface area contributed by atoms with E-state index in [4.69, 9.17) is 6.85 Å². The van der Waals surface area contributed by atoms with Gasteiger partial charge in [0.2, 0.25) is 0 Å². The molecule has 3 aromatic heterocycles. The molecule has 30 heavy (non-hydrogen) atoms. The van der Waals surface area contributed by atoms with Gasteiger partial charge in [0.25, 0.3) is 5.56 Å². The highest BCUT2D eigenvalue weighted by Crippen LogP contribution is 2.24. The van der Waals surface area contributed by atoms with E-state index in [0.717, 1.165) is 17.0 Å². The predicted octanol–water partition coefficient (Wildman–Crippen LogP) is 3.36. The summed E-state index contributed by atoms with van der Waals surface area (Å²) in [6.07, 6.45) is 0.865. The molecule has 0 radical (unpaired) electrons. The van der Waals surface area contributed by atoms with Crippen molar-refractivity contribution in [2.45, 2.75) is 12.9 Å². The number of nitrogens with zero attached hydrogens (tertiary/aromatic N) is 5. The summed E-state index contributed by atoms with van der Waals surface area (Å²) in [5.41, 5.74) is -0.624. The van der Waals surface area contributed by atoms with Crippen LogP contribution in [0.1, 0.15) is 25.5 Å². The quantitative estimate of drug-likeness (QED) is 0.475. The SMILES string of the molecule is [2H]c1nc2c(N[C@]([2H])(c3nc4cccc(F)c4c(=O)n3-c3ccccc3)C([2H])([2H])[2H])ncnc2[nH]1. The van der Waals surface area contributed by atoms with E-state index in [1.54, 1.807) is 18.2 Å². The number of nitrogens with one attached hydrogen (secondary N) is 2. The highest BCUT2D eigenvalue weighted by Gasteiger charge is 2.21. The van der Waals surface area contributed by atoms with Crippen LogP contribution in [0.2, 0.25) is 0 Å². The molecule has 0 aliphatic heterocycles. The van der Waals surface area contributed by atoms with E-state index in [1.165, 1.54) is 24.3 Å². The first-order valence-corrected chi connectivity index (χ1v) is 8.83. The largest absolute Gasteiger partial charge is 0.358 e. The molecule has 0 amide bonds. The lowest BCUT2D eigenvalue weighted by Gasteiger charge is -2.20. The number of para-hydroxylation sites is 1. The molecule has 148 valence electrons. The van der Waals surface area contributed by atoms with Crippen molar-refractivity contribution in [3.8, 4) is 5.69 Å². The van der Waals surface area contributed by atoms with Crippen LogP contribution in [0, 0.1) is 5.82 Å². The second-order valence-corrected chi connectivity index (χ2v) is 6.31. The highest BCUT2D eigenvalue weighted by atomic mass is 19.1. The van der Waals surface area contributed by atoms with E-state index in [2.05, 4.69) is 30.2 Å². The molecule has 1 atom stereocenters. The third kappa shape index (κ3) is 2.87. The molecule has 0 saturated carbocycles. The lowest BCUT2D eigenvalue weighted by molar-refractivity contribution is 0.635. The maximum Gasteiger partial charge on any atom is 0.269 e. The lowest BCUT2D eigenvalue weighted by Crippen LogP contribution is -2.28. The van der Waals surface area contributed by atoms with Crippen LogP contribution in [0.15, 0.2) is 66.0 Å². The topological polar surface area (TPSA) is 101 Å². The molecule has 0 fully saturated rings. The zero-order valence-corrected chi connectivity index (χ0v) is 15.2. The standard InChI is InChI=1S/C21H16FN7O/c1-12(27-19-17-18(24-10-23-17)25-11-26-19)20-28-15-9-5-8-14(22)16(15)21(30)29(20)13-6-3-2-4-7-13/h2-12H,1H3,(H2,23,24,25,26,27)/t12-/m0/s1/i1D3,10D,12D. The first-order chi connectivity index (χ1) is 16.6. The molecule has 0 spiro atoms. The predicted molar refractivity (Wildman–Crippen MR) is 111 cm³/mol. The van der Waals surface area contributed by atoms with E-state index < -0.39 is 30.1 Å². The van der Waals surface area contributed by atoms with Gasteiger partial charge in [0, 0.05) is 4.11 Å². The van der Waals surface area contributed by atoms with Crippen molar-refractivity contribution in [3.63, 3.8) is 0 Å². The fourth-order valence-corrected chi connectivity index (χ4v) is 3.15. The number of imidazole rings is 1. The molecule has 0 unspecified atom stereocenters. The Morgan fingerprint density at radius 1 is 1.20 bits per heavy atom. The monoisotopic (exact) mass is 406 g/mol. The summed E-state index contributed by atoms with van der Waals surface area (Å²) in [6.45, 7) is -3.11. The van der Waals surface area contributed by atoms with Gasteiger partial charge in [-0.1, -0.05) is 24.3 Å². The van der Waals surface area contributed by atoms with E-state index in [0.29, 0.717) is 0 Å². The van der Waals surface area contributed by atoms with Gasteiger partial charge in [-0.05, 0) is 31.1 Å². The van der Waals surface area contributed by atoms with Crippen LogP contribution in [0.25, 0.3) is 27.8 Å². The molecule has 9 heteroatoms. The summed E-state index contributed by atoms with van der Waals surface area (Å²) >= 11 is 0. The molecule has 0 bridgehead atoms. The summed E-state index contributed by atoms with van der Waals surface area (Å²) in [7, 11) is 0. The van der Waals surface area contributed by atoms with Gasteiger partial charge in [-0.25, -0.2) is 24.3 Å². The number of hydrogen-bond donors (Lipinski definition) is 2. The lowest BCUT2D eigenvalue weighted by atomic mass is 10.2. The van der Waals surface area contributed by atoms with Gasteiger partial charge in [0.05, 0.1) is 24.9 Å². The minimum atomic E-state index is -3.11. The normalized spacial score (nSPS) is 16.2. The van der Waals surface area contributed by atoms with Gasteiger partial charge in [-0.2, -0.15) is 0 Å². The van der Waals surface area contributed by atoms with E-state index in [-0.39, 0.29) is 39.9 Å². The fraction of sp³-hybridized carbons (Fsp3) is 0.0952. The van der Waals surface area contributed by atoms with Gasteiger partial charge >= 0.3 is 0 Å². The highest BCUT2D eigenvalue weighted by molar-refractivity contribution is 5.82. The molecule has 5 rings (SSSR count). The van der Waals surface area contributed by atoms with Crippen LogP contribution in [0.5, 0.6) is 0 Å². The van der Waals surface area contributed by atoms with Crippen LogP contribution in [-0.2, 0) is 0 Å². The molecule has 2 aromatic carbocycles. The number of anilines is 1. The van der Waals surface area contributed by atoms with Crippen molar-refractivity contribution < 1.29 is 11.2 Å². The van der Waals surface area contributed by atoms with Crippen LogP contribution in [0.3, 0.4) is 0 Å². The van der Waals surface area contributed by atoms with Crippen LogP contribution in [0.4, 0.5) is 10.2 Å². The fourth-order valence-electron chi connectivity index (χ4n) is 3.15. The molecule has 2 N–H and O–H groups in total. The number of rotatable bonds is 4. The zero-order chi connectivity index (χ0) is 25.0. The zero-order valence-electron chi connectivity index (χ0n) is 20.2. The summed E-state index contributed by atoms with van der Waals surface area (Å²) in [6, 6.07) is 8.98. The van der Waals surface area contributed by atoms with Gasteiger partial charge in [-0.15, -0.1) is 0 Å². The molecule has 3 heterocycles. The Kier molecular flexibility index (Phi) is 3.08. The summed E-state index contributed by atoms with van der Waals surface area (Å²) in [5, 5.41) is 2.21. The molecule has 0 aliphatic carbocycles. The average molecular weight is 406 g/mol. The average Bonchev–Trinajstić information content (AvgIpc) is 3.20. The van der Waals surface area contributed by atoms with Crippen molar-refractivity contribution in [2.24, 2.45) is 0 Å². The van der Waals surface area contributed by atoms with Gasteiger partial charge < -0.3 is 10.3 Å². The number of fused-ring (bicyclic) bond motifs is 2. The van der Waals surface area contributed by atoms with Gasteiger partial charge in [0.1, 0.15) is 30.2 Å². The first-order valence-electron chi connectivity index (χ1n) is 11.3. The third-order valence-electron chi connectivity index (χ3n) is 4.49. The molecule has 5 aromatic rings. The van der Waals surface area contributed by atoms with Crippen molar-refractivity contribution in [2.75, 3.05) is 5.32 Å². The summed E-state index contributed by atoms with van der Waals surface area (Å²) < 4.78 is 57.0. The Balaban J connectivity index is 1.85. The number of aromatic amines is 1. The number of benzene rings is 2. The number of hydrogen-bond acceptors (Lipinski definition) is 6. The second kappa shape index (κ2) is 7.03. The van der Waals surface area contributed by atoms with Gasteiger partial charge in [0.15, 0.2) is 11.5 Å². The summed E-state index contributed by atoms with van der Waals surface area (Å²) in [4.78, 5) is 32.3. The molecular formula is C21H16FN7O. The minimum Gasteiger partial charge on any atom is -0.358 e. The Bertz CT molecular complexity index is 1640. The minimum absolute atomic E-state index is 0.0267. The van der Waals surface area contributed by atoms with Gasteiger partial charge in [-0.3, -0.25) is 9.36 Å². The third-order valence-corrected chi connectivity index (χ3v) is 4.49. The van der Waals surface area contributed by atoms with Crippen LogP contribution >= 0.6 is 0 Å². The van der Waals surface area contributed by atoms with Crippen molar-refractivity contribution >= 4 is 27.9 Å². The summed E-state index contributed by atoms with van der Waals surface area (Å²) in [5.74, 6) is -1.50. The van der Waals surface area contributed by atoms with Crippen LogP contribution in [-0.4, -0.2) is 29.5 Å². The number of H-pyrrole nitrogens is 1. The smallest absolute Gasteiger partial charge is 0.269 e. The Labute approximate surface area is 176 Å². The second-order valence-electron chi connectivity index (χ2n) is 6.31. The first kappa shape index (κ1) is 13.2. The Hall–Kier alpha value is -4.14. The Morgan fingerprint density at radius 3 is 2.90 bits per heavy atom. The number of halogens is 1. The Morgan fingerprint density at radius 2 is 2.07 bits per heavy atom. The number of aromatic nitrogens is 6. The van der Waals surface area contributed by atoms with Crippen molar-refractivity contribution in [1.29, 1.82) is 0 Å².